The molecule has 0 unspecified atom stereocenters. The summed E-state index contributed by atoms with van der Waals surface area (Å²) in [7, 11) is -4.04. The number of ether oxygens (including phenoxy) is 2. The monoisotopic (exact) mass is 404 g/mol. The fraction of sp³-hybridized carbons (Fsp3) is 0.263. The Bertz CT molecular complexity index is 1020. The van der Waals surface area contributed by atoms with Crippen LogP contribution in [0.15, 0.2) is 47.4 Å². The molecule has 2 aromatic rings. The summed E-state index contributed by atoms with van der Waals surface area (Å²) in [5.74, 6) is -0.363. The normalized spacial score (nSPS) is 14.5. The van der Waals surface area contributed by atoms with Crippen LogP contribution in [-0.2, 0) is 14.8 Å². The number of fused-ring (bicyclic) bond motifs is 1. The molecule has 0 aliphatic carbocycles. The summed E-state index contributed by atoms with van der Waals surface area (Å²) in [6.07, 6.45) is 0. The van der Waals surface area contributed by atoms with Gasteiger partial charge in [-0.3, -0.25) is 9.59 Å². The van der Waals surface area contributed by atoms with E-state index in [-0.39, 0.29) is 10.5 Å². The van der Waals surface area contributed by atoms with E-state index in [2.05, 4.69) is 5.32 Å². The Balaban J connectivity index is 1.76. The SMILES string of the molecule is CCOc1ccc(NC(=O)CN2C(=O)c3ccccc3S2(=O)=O)cc1OCC. The molecular weight excluding hydrogens is 384 g/mol. The number of amides is 2. The topological polar surface area (TPSA) is 102 Å². The van der Waals surface area contributed by atoms with Crippen molar-refractivity contribution >= 4 is 27.5 Å². The van der Waals surface area contributed by atoms with Crippen LogP contribution in [0.2, 0.25) is 0 Å². The maximum absolute atomic E-state index is 12.5. The van der Waals surface area contributed by atoms with Crippen LogP contribution >= 0.6 is 0 Å². The molecule has 1 N–H and O–H groups in total. The van der Waals surface area contributed by atoms with Gasteiger partial charge in [-0.2, -0.15) is 0 Å². The van der Waals surface area contributed by atoms with E-state index in [4.69, 9.17) is 9.47 Å². The number of hydrogen-bond acceptors (Lipinski definition) is 6. The largest absolute Gasteiger partial charge is 0.490 e. The van der Waals surface area contributed by atoms with Gasteiger partial charge in [0.2, 0.25) is 5.91 Å². The first-order chi connectivity index (χ1) is 13.4. The number of hydrogen-bond donors (Lipinski definition) is 1. The number of sulfonamides is 1. The molecule has 0 atom stereocenters. The second-order valence-electron chi connectivity index (χ2n) is 5.89. The summed E-state index contributed by atoms with van der Waals surface area (Å²) in [4.78, 5) is 24.7. The molecule has 2 amide bonds. The van der Waals surface area contributed by atoms with Crippen molar-refractivity contribution in [2.24, 2.45) is 0 Å². The number of rotatable bonds is 7. The molecule has 0 saturated heterocycles. The minimum absolute atomic E-state index is 0.0648. The van der Waals surface area contributed by atoms with Crippen molar-refractivity contribution in [3.05, 3.63) is 48.0 Å². The Labute approximate surface area is 163 Å². The summed E-state index contributed by atoms with van der Waals surface area (Å²) in [5, 5.41) is 2.59. The lowest BCUT2D eigenvalue weighted by molar-refractivity contribution is -0.116. The van der Waals surface area contributed by atoms with Gasteiger partial charge in [-0.1, -0.05) is 12.1 Å². The number of carbonyl (C=O) groups is 2. The molecule has 8 nitrogen and oxygen atoms in total. The maximum Gasteiger partial charge on any atom is 0.269 e. The fourth-order valence-corrected chi connectivity index (χ4v) is 4.37. The van der Waals surface area contributed by atoms with E-state index >= 15 is 0 Å². The van der Waals surface area contributed by atoms with Crippen LogP contribution in [0.1, 0.15) is 24.2 Å². The van der Waals surface area contributed by atoms with Crippen LogP contribution < -0.4 is 14.8 Å². The molecule has 0 bridgehead atoms. The lowest BCUT2D eigenvalue weighted by atomic mass is 10.2. The van der Waals surface area contributed by atoms with E-state index in [1.54, 1.807) is 24.3 Å². The van der Waals surface area contributed by atoms with Crippen LogP contribution in [-0.4, -0.2) is 44.3 Å². The molecule has 0 fully saturated rings. The molecule has 1 heterocycles. The van der Waals surface area contributed by atoms with E-state index in [0.717, 1.165) is 0 Å². The molecule has 1 aliphatic rings. The van der Waals surface area contributed by atoms with Gasteiger partial charge >= 0.3 is 0 Å². The average molecular weight is 404 g/mol. The van der Waals surface area contributed by atoms with Gasteiger partial charge in [-0.25, -0.2) is 12.7 Å². The van der Waals surface area contributed by atoms with Gasteiger partial charge in [0, 0.05) is 11.8 Å². The van der Waals surface area contributed by atoms with Gasteiger partial charge in [0.15, 0.2) is 11.5 Å². The summed E-state index contributed by atoms with van der Waals surface area (Å²) < 4.78 is 36.6. The Kier molecular flexibility index (Phi) is 5.55. The molecule has 9 heteroatoms. The van der Waals surface area contributed by atoms with Crippen molar-refractivity contribution in [1.29, 1.82) is 0 Å². The summed E-state index contributed by atoms with van der Waals surface area (Å²) >= 11 is 0. The quantitative estimate of drug-likeness (QED) is 0.760. The van der Waals surface area contributed by atoms with Crippen LogP contribution in [0, 0.1) is 0 Å². The van der Waals surface area contributed by atoms with Gasteiger partial charge < -0.3 is 14.8 Å². The van der Waals surface area contributed by atoms with Crippen molar-refractivity contribution in [3.63, 3.8) is 0 Å². The van der Waals surface area contributed by atoms with Gasteiger partial charge in [-0.05, 0) is 38.1 Å². The lowest BCUT2D eigenvalue weighted by Crippen LogP contribution is -2.37. The summed E-state index contributed by atoms with van der Waals surface area (Å²) in [6, 6.07) is 10.7. The second kappa shape index (κ2) is 7.89. The van der Waals surface area contributed by atoms with Crippen molar-refractivity contribution in [1.82, 2.24) is 4.31 Å². The number of anilines is 1. The van der Waals surface area contributed by atoms with Crippen LogP contribution in [0.25, 0.3) is 0 Å². The molecule has 1 aliphatic heterocycles. The molecule has 3 rings (SSSR count). The average Bonchev–Trinajstić information content (AvgIpc) is 2.85. The zero-order valence-electron chi connectivity index (χ0n) is 15.5. The Morgan fingerprint density at radius 3 is 2.39 bits per heavy atom. The summed E-state index contributed by atoms with van der Waals surface area (Å²) in [5.41, 5.74) is 0.466. The first kappa shape index (κ1) is 19.7. The highest BCUT2D eigenvalue weighted by molar-refractivity contribution is 7.90. The highest BCUT2D eigenvalue weighted by Crippen LogP contribution is 2.32. The van der Waals surface area contributed by atoms with Crippen LogP contribution in [0.5, 0.6) is 11.5 Å². The van der Waals surface area contributed by atoms with Crippen molar-refractivity contribution < 1.29 is 27.5 Å². The Hall–Kier alpha value is -3.07. The van der Waals surface area contributed by atoms with Gasteiger partial charge in [0.05, 0.1) is 18.8 Å². The minimum Gasteiger partial charge on any atom is -0.490 e. The third-order valence-electron chi connectivity index (χ3n) is 4.03. The Morgan fingerprint density at radius 2 is 1.71 bits per heavy atom. The molecule has 28 heavy (non-hydrogen) atoms. The maximum atomic E-state index is 12.5. The zero-order chi connectivity index (χ0) is 20.3. The lowest BCUT2D eigenvalue weighted by Gasteiger charge is -2.16. The molecule has 148 valence electrons. The highest BCUT2D eigenvalue weighted by Gasteiger charge is 2.41. The van der Waals surface area contributed by atoms with E-state index in [0.29, 0.717) is 34.7 Å². The smallest absolute Gasteiger partial charge is 0.269 e. The first-order valence-electron chi connectivity index (χ1n) is 8.74. The van der Waals surface area contributed by atoms with E-state index in [1.165, 1.54) is 18.2 Å². The van der Waals surface area contributed by atoms with Crippen molar-refractivity contribution in [2.75, 3.05) is 25.1 Å². The molecule has 2 aromatic carbocycles. The molecule has 0 aromatic heterocycles. The first-order valence-corrected chi connectivity index (χ1v) is 10.2. The molecular formula is C19H20N2O6S. The Morgan fingerprint density at radius 1 is 1.04 bits per heavy atom. The minimum atomic E-state index is -4.04. The molecule has 0 radical (unpaired) electrons. The summed E-state index contributed by atoms with van der Waals surface area (Å²) in [6.45, 7) is 3.92. The van der Waals surface area contributed by atoms with Gasteiger partial charge in [-0.15, -0.1) is 0 Å². The third-order valence-corrected chi connectivity index (χ3v) is 5.81. The number of nitrogens with zero attached hydrogens (tertiary/aromatic N) is 1. The number of benzene rings is 2. The van der Waals surface area contributed by atoms with E-state index in [9.17, 15) is 18.0 Å². The van der Waals surface area contributed by atoms with E-state index < -0.39 is 28.4 Å². The predicted molar refractivity (Wildman–Crippen MR) is 102 cm³/mol. The van der Waals surface area contributed by atoms with Gasteiger partial charge in [0.25, 0.3) is 15.9 Å². The molecule has 0 spiro atoms. The zero-order valence-corrected chi connectivity index (χ0v) is 16.3. The standard InChI is InChI=1S/C19H20N2O6S/c1-3-26-15-10-9-13(11-16(15)27-4-2)20-18(22)12-21-19(23)14-7-5-6-8-17(14)28(21,24)25/h5-11H,3-4,12H2,1-2H3,(H,20,22). The van der Waals surface area contributed by atoms with Crippen LogP contribution in [0.4, 0.5) is 5.69 Å². The third kappa shape index (κ3) is 3.65. The number of nitrogens with one attached hydrogen (secondary N) is 1. The van der Waals surface area contributed by atoms with Gasteiger partial charge in [0.1, 0.15) is 11.4 Å². The number of carbonyl (C=O) groups excluding carboxylic acids is 2. The second-order valence-corrected chi connectivity index (χ2v) is 7.72. The fourth-order valence-electron chi connectivity index (χ4n) is 2.85. The van der Waals surface area contributed by atoms with Crippen molar-refractivity contribution in [3.8, 4) is 11.5 Å². The highest BCUT2D eigenvalue weighted by atomic mass is 32.2. The molecule has 0 saturated carbocycles. The van der Waals surface area contributed by atoms with Crippen molar-refractivity contribution in [2.45, 2.75) is 18.7 Å². The predicted octanol–water partition coefficient (Wildman–Crippen LogP) is 2.27. The van der Waals surface area contributed by atoms with E-state index in [1.807, 2.05) is 13.8 Å². The van der Waals surface area contributed by atoms with Crippen LogP contribution in [0.3, 0.4) is 0 Å².